The van der Waals surface area contributed by atoms with Crippen molar-refractivity contribution in [2.75, 3.05) is 0 Å². The molecule has 1 unspecified atom stereocenters. The molecule has 3 rings (SSSR count). The van der Waals surface area contributed by atoms with Gasteiger partial charge in [0.05, 0.1) is 6.04 Å². The Morgan fingerprint density at radius 2 is 1.65 bits per heavy atom. The predicted molar refractivity (Wildman–Crippen MR) is 82.8 cm³/mol. The van der Waals surface area contributed by atoms with Crippen LogP contribution >= 0.6 is 0 Å². The molecule has 0 aliphatic carbocycles. The van der Waals surface area contributed by atoms with Crippen molar-refractivity contribution in [3.05, 3.63) is 71.0 Å². The number of rotatable bonds is 3. The molecule has 20 heavy (non-hydrogen) atoms. The number of hydrogen-bond donors (Lipinski definition) is 1. The summed E-state index contributed by atoms with van der Waals surface area (Å²) in [4.78, 5) is 0. The van der Waals surface area contributed by atoms with Crippen molar-refractivity contribution >= 4 is 11.0 Å². The summed E-state index contributed by atoms with van der Waals surface area (Å²) >= 11 is 0. The normalized spacial score (nSPS) is 12.8. The van der Waals surface area contributed by atoms with Crippen molar-refractivity contribution in [1.29, 1.82) is 0 Å². The van der Waals surface area contributed by atoms with Crippen LogP contribution in [0.1, 0.15) is 28.5 Å². The summed E-state index contributed by atoms with van der Waals surface area (Å²) in [5.41, 5.74) is 10.9. The highest BCUT2D eigenvalue weighted by Crippen LogP contribution is 2.25. The zero-order valence-electron chi connectivity index (χ0n) is 11.9. The van der Waals surface area contributed by atoms with Gasteiger partial charge in [0.25, 0.3) is 0 Å². The molecule has 0 aliphatic rings. The fourth-order valence-electron chi connectivity index (χ4n) is 2.44. The van der Waals surface area contributed by atoms with Crippen LogP contribution in [0.2, 0.25) is 0 Å². The first-order chi connectivity index (χ1) is 9.61. The summed E-state index contributed by atoms with van der Waals surface area (Å²) < 4.78 is 5.86. The molecule has 2 heteroatoms. The Balaban J connectivity index is 1.84. The van der Waals surface area contributed by atoms with Gasteiger partial charge in [0.1, 0.15) is 11.3 Å². The molecule has 0 saturated heterocycles. The molecule has 0 aliphatic heterocycles. The van der Waals surface area contributed by atoms with Crippen molar-refractivity contribution in [3.63, 3.8) is 0 Å². The van der Waals surface area contributed by atoms with E-state index in [0.717, 1.165) is 23.2 Å². The van der Waals surface area contributed by atoms with E-state index in [1.165, 1.54) is 16.7 Å². The van der Waals surface area contributed by atoms with Gasteiger partial charge >= 0.3 is 0 Å². The van der Waals surface area contributed by atoms with Crippen LogP contribution in [0.4, 0.5) is 0 Å². The van der Waals surface area contributed by atoms with Crippen LogP contribution in [0.5, 0.6) is 0 Å². The topological polar surface area (TPSA) is 39.2 Å². The van der Waals surface area contributed by atoms with Gasteiger partial charge in [-0.25, -0.2) is 0 Å². The second-order valence-corrected chi connectivity index (χ2v) is 5.49. The smallest absolute Gasteiger partial charge is 0.134 e. The lowest BCUT2D eigenvalue weighted by Crippen LogP contribution is -2.12. The van der Waals surface area contributed by atoms with Gasteiger partial charge in [-0.3, -0.25) is 0 Å². The first-order valence-electron chi connectivity index (χ1n) is 6.93. The van der Waals surface area contributed by atoms with E-state index in [4.69, 9.17) is 10.2 Å². The van der Waals surface area contributed by atoms with E-state index in [1.807, 2.05) is 6.07 Å². The molecule has 0 fully saturated rings. The Kier molecular flexibility index (Phi) is 3.33. The van der Waals surface area contributed by atoms with Crippen LogP contribution in [0, 0.1) is 13.8 Å². The summed E-state index contributed by atoms with van der Waals surface area (Å²) in [5.74, 6) is 0.853. The Morgan fingerprint density at radius 1 is 0.950 bits per heavy atom. The third-order valence-electron chi connectivity index (χ3n) is 3.63. The maximum atomic E-state index is 6.27. The van der Waals surface area contributed by atoms with E-state index in [-0.39, 0.29) is 6.04 Å². The monoisotopic (exact) mass is 265 g/mol. The molecular weight excluding hydrogens is 246 g/mol. The number of benzene rings is 2. The van der Waals surface area contributed by atoms with Crippen molar-refractivity contribution < 1.29 is 4.42 Å². The third-order valence-corrected chi connectivity index (χ3v) is 3.63. The summed E-state index contributed by atoms with van der Waals surface area (Å²) in [6, 6.07) is 16.6. The maximum absolute atomic E-state index is 6.27. The van der Waals surface area contributed by atoms with Gasteiger partial charge in [-0.05, 0) is 44.0 Å². The highest BCUT2D eigenvalue weighted by Gasteiger charge is 2.12. The minimum Gasteiger partial charge on any atom is -0.459 e. The van der Waals surface area contributed by atoms with Crippen LogP contribution in [-0.2, 0) is 6.42 Å². The van der Waals surface area contributed by atoms with Crippen molar-refractivity contribution in [3.8, 4) is 0 Å². The molecule has 1 heterocycles. The highest BCUT2D eigenvalue weighted by molar-refractivity contribution is 5.78. The van der Waals surface area contributed by atoms with Crippen LogP contribution < -0.4 is 5.73 Å². The number of fused-ring (bicyclic) bond motifs is 1. The second kappa shape index (κ2) is 5.14. The Bertz CT molecular complexity index is 725. The summed E-state index contributed by atoms with van der Waals surface area (Å²) in [6.07, 6.45) is 0.791. The first kappa shape index (κ1) is 12.9. The Morgan fingerprint density at radius 3 is 2.40 bits per heavy atom. The molecule has 0 saturated carbocycles. The van der Waals surface area contributed by atoms with Gasteiger partial charge in [-0.1, -0.05) is 41.5 Å². The third kappa shape index (κ3) is 2.61. The van der Waals surface area contributed by atoms with Crippen molar-refractivity contribution in [1.82, 2.24) is 0 Å². The summed E-state index contributed by atoms with van der Waals surface area (Å²) in [6.45, 7) is 4.17. The second-order valence-electron chi connectivity index (χ2n) is 5.49. The minimum absolute atomic E-state index is 0.106. The van der Waals surface area contributed by atoms with Crippen molar-refractivity contribution in [2.24, 2.45) is 5.73 Å². The number of furan rings is 1. The van der Waals surface area contributed by atoms with Gasteiger partial charge in [-0.15, -0.1) is 0 Å². The quantitative estimate of drug-likeness (QED) is 0.767. The van der Waals surface area contributed by atoms with Crippen LogP contribution in [0.3, 0.4) is 0 Å². The molecular formula is C18H19NO. The zero-order chi connectivity index (χ0) is 14.1. The number of hydrogen-bond acceptors (Lipinski definition) is 2. The highest BCUT2D eigenvalue weighted by atomic mass is 16.3. The summed E-state index contributed by atoms with van der Waals surface area (Å²) in [7, 11) is 0. The fourth-order valence-corrected chi connectivity index (χ4v) is 2.44. The molecule has 2 N–H and O–H groups in total. The number of nitrogens with two attached hydrogens (primary N) is 1. The predicted octanol–water partition coefficient (Wildman–Crippen LogP) is 4.29. The molecule has 102 valence electrons. The molecule has 2 aromatic carbocycles. The lowest BCUT2D eigenvalue weighted by molar-refractivity contribution is 0.494. The van der Waals surface area contributed by atoms with Crippen LogP contribution in [-0.4, -0.2) is 0 Å². The molecule has 1 aromatic heterocycles. The summed E-state index contributed by atoms with van der Waals surface area (Å²) in [5, 5.41) is 1.12. The van der Waals surface area contributed by atoms with Gasteiger partial charge < -0.3 is 10.2 Å². The van der Waals surface area contributed by atoms with E-state index in [2.05, 4.69) is 56.3 Å². The molecule has 0 bridgehead atoms. The number of aryl methyl sites for hydroxylation is 2. The van der Waals surface area contributed by atoms with Gasteiger partial charge in [0.15, 0.2) is 0 Å². The average Bonchev–Trinajstić information content (AvgIpc) is 2.84. The molecule has 0 amide bonds. The molecule has 2 nitrogen and oxygen atoms in total. The Labute approximate surface area is 119 Å². The van der Waals surface area contributed by atoms with Crippen molar-refractivity contribution in [2.45, 2.75) is 26.3 Å². The maximum Gasteiger partial charge on any atom is 0.134 e. The minimum atomic E-state index is -0.106. The van der Waals surface area contributed by atoms with Crippen LogP contribution in [0.25, 0.3) is 11.0 Å². The van der Waals surface area contributed by atoms with Gasteiger partial charge in [0.2, 0.25) is 0 Å². The Hall–Kier alpha value is -2.06. The van der Waals surface area contributed by atoms with Gasteiger partial charge in [-0.2, -0.15) is 0 Å². The zero-order valence-corrected chi connectivity index (χ0v) is 11.9. The lowest BCUT2D eigenvalue weighted by Gasteiger charge is -2.08. The first-order valence-corrected chi connectivity index (χ1v) is 6.93. The molecule has 1 atom stereocenters. The fraction of sp³-hybridized carbons (Fsp3) is 0.222. The SMILES string of the molecule is Cc1ccc(CC(N)c2cc3cc(C)ccc3o2)cc1. The van der Waals surface area contributed by atoms with E-state index in [1.54, 1.807) is 0 Å². The van der Waals surface area contributed by atoms with E-state index >= 15 is 0 Å². The van der Waals surface area contributed by atoms with Gasteiger partial charge in [0, 0.05) is 5.39 Å². The van der Waals surface area contributed by atoms with E-state index in [0.29, 0.717) is 0 Å². The molecule has 0 spiro atoms. The standard InChI is InChI=1S/C18H19NO/c1-12-3-6-14(7-4-12)10-16(19)18-11-15-9-13(2)5-8-17(15)20-18/h3-9,11,16H,10,19H2,1-2H3. The largest absolute Gasteiger partial charge is 0.459 e. The lowest BCUT2D eigenvalue weighted by atomic mass is 10.0. The molecule has 3 aromatic rings. The average molecular weight is 265 g/mol. The van der Waals surface area contributed by atoms with E-state index < -0.39 is 0 Å². The van der Waals surface area contributed by atoms with E-state index in [9.17, 15) is 0 Å². The molecule has 0 radical (unpaired) electrons. The van der Waals surface area contributed by atoms with Crippen LogP contribution in [0.15, 0.2) is 52.9 Å².